The number of benzene rings is 1. The fourth-order valence-corrected chi connectivity index (χ4v) is 3.26. The Morgan fingerprint density at radius 2 is 1.71 bits per heavy atom. The number of hydrogen-bond donors (Lipinski definition) is 1. The number of carbonyl (C=O) groups excluding carboxylic acids is 2. The molecule has 0 fully saturated rings. The molecule has 1 aliphatic rings. The molecule has 0 radical (unpaired) electrons. The van der Waals surface area contributed by atoms with Gasteiger partial charge < -0.3 is 5.73 Å². The van der Waals surface area contributed by atoms with Gasteiger partial charge in [-0.3, -0.25) is 14.2 Å². The lowest BCUT2D eigenvalue weighted by Gasteiger charge is -2.18. The summed E-state index contributed by atoms with van der Waals surface area (Å²) >= 11 is 0. The summed E-state index contributed by atoms with van der Waals surface area (Å²) in [6.07, 6.45) is 4.45. The number of nitrogens with two attached hydrogens (primary N) is 1. The van der Waals surface area contributed by atoms with Gasteiger partial charge in [0, 0.05) is 0 Å². The maximum absolute atomic E-state index is 11.8. The number of nitrogens with zero attached hydrogens (tertiary/aromatic N) is 2. The molecule has 2 aromatic rings. The van der Waals surface area contributed by atoms with E-state index in [1.807, 2.05) is 12.1 Å². The van der Waals surface area contributed by atoms with Crippen LogP contribution in [0.1, 0.15) is 43.9 Å². The molecule has 0 aliphatic heterocycles. The highest BCUT2D eigenvalue weighted by Crippen LogP contribution is 2.30. The van der Waals surface area contributed by atoms with Gasteiger partial charge in [0.05, 0.1) is 11.0 Å². The van der Waals surface area contributed by atoms with Crippen molar-refractivity contribution >= 4 is 28.5 Å². The Balaban J connectivity index is 2.25. The van der Waals surface area contributed by atoms with Gasteiger partial charge in [-0.2, -0.15) is 0 Å². The smallest absolute Gasteiger partial charge is 0.202 e. The van der Waals surface area contributed by atoms with E-state index in [9.17, 15) is 9.59 Å². The van der Waals surface area contributed by atoms with Gasteiger partial charge >= 0.3 is 0 Å². The summed E-state index contributed by atoms with van der Waals surface area (Å²) in [5.41, 5.74) is 10.1. The highest BCUT2D eigenvalue weighted by Gasteiger charge is 2.26. The van der Waals surface area contributed by atoms with Crippen molar-refractivity contribution in [2.75, 3.05) is 5.73 Å². The Kier molecular flexibility index (Phi) is 3.27. The minimum absolute atomic E-state index is 0.216. The van der Waals surface area contributed by atoms with Gasteiger partial charge in [-0.25, -0.2) is 4.98 Å². The van der Waals surface area contributed by atoms with Crippen molar-refractivity contribution in [1.29, 1.82) is 0 Å². The number of ketones is 2. The molecule has 0 saturated heterocycles. The molecule has 0 atom stereocenters. The highest BCUT2D eigenvalue weighted by molar-refractivity contribution is 6.04. The normalized spacial score (nSPS) is 14.4. The average molecular weight is 285 g/mol. The molecule has 0 amide bonds. The monoisotopic (exact) mass is 285 g/mol. The lowest BCUT2D eigenvalue weighted by molar-refractivity contribution is -0.129. The zero-order chi connectivity index (χ0) is 15.1. The molecule has 0 bridgehead atoms. The summed E-state index contributed by atoms with van der Waals surface area (Å²) < 4.78 is 1.58. The van der Waals surface area contributed by atoms with Crippen LogP contribution in [0.5, 0.6) is 0 Å². The summed E-state index contributed by atoms with van der Waals surface area (Å²) in [4.78, 5) is 28.0. The van der Waals surface area contributed by atoms with Gasteiger partial charge in [0.15, 0.2) is 17.6 Å². The van der Waals surface area contributed by atoms with Crippen LogP contribution in [-0.4, -0.2) is 21.1 Å². The first-order chi connectivity index (χ1) is 9.99. The number of imidazole rings is 1. The molecular weight excluding hydrogens is 266 g/mol. The lowest BCUT2D eigenvalue weighted by atomic mass is 9.91. The lowest BCUT2D eigenvalue weighted by Crippen LogP contribution is -2.25. The van der Waals surface area contributed by atoms with E-state index < -0.39 is 6.04 Å². The first-order valence-electron chi connectivity index (χ1n) is 7.29. The molecule has 0 spiro atoms. The standard InChI is InChI=1S/C16H19N3O2/c1-9(20)15(10(2)21)19-14-8-12-6-4-3-5-11(12)7-13(14)18-16(19)17/h7-8,15H,3-6H2,1-2H3,(H2,17,18). The molecule has 1 aromatic heterocycles. The third-order valence-electron chi connectivity index (χ3n) is 4.21. The molecule has 1 heterocycles. The van der Waals surface area contributed by atoms with E-state index >= 15 is 0 Å². The number of Topliss-reactive ketones (excluding diaryl/α,β-unsaturated/α-hetero) is 2. The van der Waals surface area contributed by atoms with Crippen molar-refractivity contribution in [3.63, 3.8) is 0 Å². The van der Waals surface area contributed by atoms with Crippen molar-refractivity contribution in [3.8, 4) is 0 Å². The SMILES string of the molecule is CC(=O)C(C(C)=O)n1c(N)nc2cc3c(cc21)CCCC3. The van der Waals surface area contributed by atoms with Gasteiger partial charge in [-0.05, 0) is 62.8 Å². The first-order valence-corrected chi connectivity index (χ1v) is 7.29. The summed E-state index contributed by atoms with van der Waals surface area (Å²) in [5.74, 6) is -0.208. The van der Waals surface area contributed by atoms with Crippen LogP contribution >= 0.6 is 0 Å². The minimum Gasteiger partial charge on any atom is -0.369 e. The van der Waals surface area contributed by atoms with Crippen LogP contribution in [0.4, 0.5) is 5.95 Å². The van der Waals surface area contributed by atoms with Gasteiger partial charge in [-0.15, -0.1) is 0 Å². The number of hydrogen-bond acceptors (Lipinski definition) is 4. The van der Waals surface area contributed by atoms with Gasteiger partial charge in [0.25, 0.3) is 0 Å². The van der Waals surface area contributed by atoms with E-state index in [1.54, 1.807) is 4.57 Å². The molecule has 0 unspecified atom stereocenters. The molecular formula is C16H19N3O2. The fourth-order valence-electron chi connectivity index (χ4n) is 3.26. The Morgan fingerprint density at radius 3 is 2.29 bits per heavy atom. The van der Waals surface area contributed by atoms with E-state index in [0.29, 0.717) is 0 Å². The van der Waals surface area contributed by atoms with Crippen molar-refractivity contribution in [1.82, 2.24) is 9.55 Å². The molecule has 2 N–H and O–H groups in total. The second kappa shape index (κ2) is 4.98. The third-order valence-corrected chi connectivity index (χ3v) is 4.21. The zero-order valence-electron chi connectivity index (χ0n) is 12.3. The maximum atomic E-state index is 11.8. The largest absolute Gasteiger partial charge is 0.369 e. The Labute approximate surface area is 123 Å². The summed E-state index contributed by atoms with van der Waals surface area (Å²) in [5, 5.41) is 0. The number of fused-ring (bicyclic) bond motifs is 2. The van der Waals surface area contributed by atoms with Crippen LogP contribution in [0, 0.1) is 0 Å². The van der Waals surface area contributed by atoms with Crippen molar-refractivity contribution in [2.45, 2.75) is 45.6 Å². The van der Waals surface area contributed by atoms with Crippen LogP contribution in [-0.2, 0) is 22.4 Å². The van der Waals surface area contributed by atoms with Crippen LogP contribution in [0.15, 0.2) is 12.1 Å². The van der Waals surface area contributed by atoms with Crippen molar-refractivity contribution < 1.29 is 9.59 Å². The number of aryl methyl sites for hydroxylation is 2. The molecule has 1 aliphatic carbocycles. The number of rotatable bonds is 3. The molecule has 3 rings (SSSR count). The van der Waals surface area contributed by atoms with Gasteiger partial charge in [0.2, 0.25) is 5.95 Å². The molecule has 0 saturated carbocycles. The number of aromatic nitrogens is 2. The maximum Gasteiger partial charge on any atom is 0.202 e. The summed E-state index contributed by atoms with van der Waals surface area (Å²) in [6, 6.07) is 3.22. The molecule has 110 valence electrons. The number of carbonyl (C=O) groups is 2. The van der Waals surface area contributed by atoms with Gasteiger partial charge in [-0.1, -0.05) is 0 Å². The Morgan fingerprint density at radius 1 is 1.14 bits per heavy atom. The van der Waals surface area contributed by atoms with Crippen LogP contribution in [0.25, 0.3) is 11.0 Å². The third kappa shape index (κ3) is 2.22. The second-order valence-electron chi connectivity index (χ2n) is 5.78. The molecule has 1 aromatic carbocycles. The van der Waals surface area contributed by atoms with E-state index in [2.05, 4.69) is 4.98 Å². The molecule has 21 heavy (non-hydrogen) atoms. The van der Waals surface area contributed by atoms with E-state index in [4.69, 9.17) is 5.73 Å². The Bertz CT molecular complexity index is 732. The van der Waals surface area contributed by atoms with Crippen LogP contribution in [0.2, 0.25) is 0 Å². The predicted molar refractivity (Wildman–Crippen MR) is 81.2 cm³/mol. The van der Waals surface area contributed by atoms with Crippen LogP contribution < -0.4 is 5.73 Å². The van der Waals surface area contributed by atoms with E-state index in [1.165, 1.54) is 37.8 Å². The zero-order valence-corrected chi connectivity index (χ0v) is 12.3. The molecule has 5 heteroatoms. The highest BCUT2D eigenvalue weighted by atomic mass is 16.2. The van der Waals surface area contributed by atoms with E-state index in [-0.39, 0.29) is 17.5 Å². The van der Waals surface area contributed by atoms with Gasteiger partial charge in [0.1, 0.15) is 0 Å². The summed E-state index contributed by atoms with van der Waals surface area (Å²) in [7, 11) is 0. The number of anilines is 1. The Hall–Kier alpha value is -2.17. The summed E-state index contributed by atoms with van der Waals surface area (Å²) in [6.45, 7) is 2.82. The van der Waals surface area contributed by atoms with Crippen molar-refractivity contribution in [2.24, 2.45) is 0 Å². The topological polar surface area (TPSA) is 78.0 Å². The second-order valence-corrected chi connectivity index (χ2v) is 5.78. The quantitative estimate of drug-likeness (QED) is 0.877. The number of nitrogen functional groups attached to an aromatic ring is 1. The average Bonchev–Trinajstić information content (AvgIpc) is 2.72. The first kappa shape index (κ1) is 13.8. The van der Waals surface area contributed by atoms with Crippen molar-refractivity contribution in [3.05, 3.63) is 23.3 Å². The molecule has 5 nitrogen and oxygen atoms in total. The van der Waals surface area contributed by atoms with Crippen LogP contribution in [0.3, 0.4) is 0 Å². The van der Waals surface area contributed by atoms with E-state index in [0.717, 1.165) is 23.9 Å². The predicted octanol–water partition coefficient (Wildman–Crippen LogP) is 2.22. The fraction of sp³-hybridized carbons (Fsp3) is 0.438. The minimum atomic E-state index is -0.878.